The number of hydrogen-bond donors (Lipinski definition) is 2. The maximum atomic E-state index is 12.7. The van der Waals surface area contributed by atoms with Crippen LogP contribution in [0.2, 0.25) is 0 Å². The highest BCUT2D eigenvalue weighted by Gasteiger charge is 2.24. The van der Waals surface area contributed by atoms with E-state index < -0.39 is 0 Å². The number of urea groups is 1. The van der Waals surface area contributed by atoms with E-state index in [0.717, 1.165) is 41.8 Å². The zero-order valence-electron chi connectivity index (χ0n) is 17.6. The molecule has 1 heterocycles. The lowest BCUT2D eigenvalue weighted by Crippen LogP contribution is -2.34. The Labute approximate surface area is 182 Å². The van der Waals surface area contributed by atoms with Gasteiger partial charge in [-0.05, 0) is 55.7 Å². The first-order valence-electron chi connectivity index (χ1n) is 10.7. The van der Waals surface area contributed by atoms with Crippen molar-refractivity contribution >= 4 is 23.3 Å². The van der Waals surface area contributed by atoms with E-state index in [1.807, 2.05) is 67.6 Å². The minimum absolute atomic E-state index is 0.0302. The number of likely N-dealkylation sites (N-methyl/N-ethyl adjacent to an activating group) is 1. The molecule has 2 N–H and O–H groups in total. The molecule has 4 rings (SSSR count). The van der Waals surface area contributed by atoms with E-state index in [1.54, 1.807) is 11.2 Å². The first-order valence-corrected chi connectivity index (χ1v) is 10.7. The molecule has 0 spiro atoms. The third-order valence-electron chi connectivity index (χ3n) is 5.61. The number of hydrogen-bond acceptors (Lipinski definition) is 3. The number of rotatable bonds is 6. The van der Waals surface area contributed by atoms with Gasteiger partial charge in [0, 0.05) is 29.9 Å². The largest absolute Gasteiger partial charge is 0.469 e. The molecule has 0 aliphatic heterocycles. The molecule has 1 atom stereocenters. The fraction of sp³-hybridized carbons (Fsp3) is 0.280. The molecule has 0 saturated carbocycles. The van der Waals surface area contributed by atoms with Crippen molar-refractivity contribution in [2.75, 3.05) is 16.8 Å². The highest BCUT2D eigenvalue weighted by Crippen LogP contribution is 2.30. The molecule has 6 nitrogen and oxygen atoms in total. The Hall–Kier alpha value is -3.54. The predicted molar refractivity (Wildman–Crippen MR) is 121 cm³/mol. The second-order valence-corrected chi connectivity index (χ2v) is 7.69. The van der Waals surface area contributed by atoms with E-state index in [4.69, 9.17) is 4.42 Å². The Morgan fingerprint density at radius 1 is 1.06 bits per heavy atom. The molecule has 0 fully saturated rings. The van der Waals surface area contributed by atoms with Crippen LogP contribution in [0, 0.1) is 0 Å². The molecule has 1 unspecified atom stereocenters. The van der Waals surface area contributed by atoms with E-state index in [9.17, 15) is 9.59 Å². The average Bonchev–Trinajstić information content (AvgIpc) is 3.26. The summed E-state index contributed by atoms with van der Waals surface area (Å²) in [7, 11) is 0. The van der Waals surface area contributed by atoms with Gasteiger partial charge in [-0.3, -0.25) is 4.79 Å². The van der Waals surface area contributed by atoms with Crippen molar-refractivity contribution in [3.05, 3.63) is 83.8 Å². The SMILES string of the molecule is CCN(C(=O)Cc1ccc(NC(=O)NC2CCCc3occc32)cc1)c1ccccc1. The van der Waals surface area contributed by atoms with E-state index in [-0.39, 0.29) is 18.0 Å². The minimum Gasteiger partial charge on any atom is -0.469 e. The van der Waals surface area contributed by atoms with Gasteiger partial charge in [0.25, 0.3) is 0 Å². The van der Waals surface area contributed by atoms with Gasteiger partial charge in [0.15, 0.2) is 0 Å². The maximum Gasteiger partial charge on any atom is 0.319 e. The number of aryl methyl sites for hydroxylation is 1. The molecule has 2 aromatic carbocycles. The molecule has 1 aromatic heterocycles. The van der Waals surface area contributed by atoms with Gasteiger partial charge < -0.3 is 20.0 Å². The van der Waals surface area contributed by atoms with Gasteiger partial charge in [-0.15, -0.1) is 0 Å². The Bertz CT molecular complexity index is 1030. The summed E-state index contributed by atoms with van der Waals surface area (Å²) in [5, 5.41) is 5.90. The van der Waals surface area contributed by atoms with Crippen molar-refractivity contribution in [1.29, 1.82) is 0 Å². The number of fused-ring (bicyclic) bond motifs is 1. The summed E-state index contributed by atoms with van der Waals surface area (Å²) < 4.78 is 5.48. The zero-order valence-corrected chi connectivity index (χ0v) is 17.6. The molecule has 1 aliphatic rings. The Morgan fingerprint density at radius 3 is 2.58 bits per heavy atom. The number of benzene rings is 2. The van der Waals surface area contributed by atoms with Crippen molar-refractivity contribution in [3.8, 4) is 0 Å². The maximum absolute atomic E-state index is 12.7. The number of carbonyl (C=O) groups is 2. The van der Waals surface area contributed by atoms with E-state index in [0.29, 0.717) is 18.7 Å². The van der Waals surface area contributed by atoms with Crippen molar-refractivity contribution < 1.29 is 14.0 Å². The Morgan fingerprint density at radius 2 is 1.84 bits per heavy atom. The van der Waals surface area contributed by atoms with Gasteiger partial charge in [-0.2, -0.15) is 0 Å². The van der Waals surface area contributed by atoms with Crippen molar-refractivity contribution in [2.45, 2.75) is 38.6 Å². The van der Waals surface area contributed by atoms with Crippen LogP contribution in [0.5, 0.6) is 0 Å². The molecular weight excluding hydrogens is 390 g/mol. The first-order chi connectivity index (χ1) is 15.1. The Balaban J connectivity index is 1.33. The summed E-state index contributed by atoms with van der Waals surface area (Å²) >= 11 is 0. The molecule has 31 heavy (non-hydrogen) atoms. The molecule has 3 aromatic rings. The fourth-order valence-corrected chi connectivity index (χ4v) is 4.05. The number of amides is 3. The minimum atomic E-state index is -0.246. The van der Waals surface area contributed by atoms with Crippen LogP contribution >= 0.6 is 0 Å². The number of nitrogens with zero attached hydrogens (tertiary/aromatic N) is 1. The number of nitrogens with one attached hydrogen (secondary N) is 2. The van der Waals surface area contributed by atoms with Crippen molar-refractivity contribution in [2.24, 2.45) is 0 Å². The molecule has 6 heteroatoms. The smallest absolute Gasteiger partial charge is 0.319 e. The van der Waals surface area contributed by atoms with Crippen LogP contribution in [-0.2, 0) is 17.6 Å². The lowest BCUT2D eigenvalue weighted by molar-refractivity contribution is -0.117. The van der Waals surface area contributed by atoms with Crippen LogP contribution in [0.4, 0.5) is 16.2 Å². The lowest BCUT2D eigenvalue weighted by atomic mass is 9.93. The molecule has 0 radical (unpaired) electrons. The topological polar surface area (TPSA) is 74.6 Å². The summed E-state index contributed by atoms with van der Waals surface area (Å²) in [6, 6.07) is 18.7. The van der Waals surface area contributed by atoms with E-state index >= 15 is 0 Å². The van der Waals surface area contributed by atoms with Gasteiger partial charge in [0.05, 0.1) is 18.7 Å². The highest BCUT2D eigenvalue weighted by atomic mass is 16.3. The number of carbonyl (C=O) groups excluding carboxylic acids is 2. The summed E-state index contributed by atoms with van der Waals surface area (Å²) in [5.41, 5.74) is 3.55. The summed E-state index contributed by atoms with van der Waals surface area (Å²) in [6.07, 6.45) is 4.80. The van der Waals surface area contributed by atoms with Crippen molar-refractivity contribution in [3.63, 3.8) is 0 Å². The number of anilines is 2. The predicted octanol–water partition coefficient (Wildman–Crippen LogP) is 5.07. The third kappa shape index (κ3) is 4.97. The number of furan rings is 1. The summed E-state index contributed by atoms with van der Waals surface area (Å²) in [5.74, 6) is 1.00. The molecule has 160 valence electrons. The average molecular weight is 418 g/mol. The van der Waals surface area contributed by atoms with Gasteiger partial charge >= 0.3 is 6.03 Å². The molecule has 0 saturated heterocycles. The normalized spacial score (nSPS) is 15.1. The van der Waals surface area contributed by atoms with Crippen molar-refractivity contribution in [1.82, 2.24) is 5.32 Å². The lowest BCUT2D eigenvalue weighted by Gasteiger charge is -2.23. The van der Waals surface area contributed by atoms with Gasteiger partial charge in [-0.25, -0.2) is 4.79 Å². The highest BCUT2D eigenvalue weighted by molar-refractivity contribution is 5.95. The van der Waals surface area contributed by atoms with Crippen LogP contribution in [0.3, 0.4) is 0 Å². The van der Waals surface area contributed by atoms with Crippen LogP contribution in [0.15, 0.2) is 71.3 Å². The Kier molecular flexibility index (Phi) is 6.36. The van der Waals surface area contributed by atoms with Gasteiger partial charge in [0.1, 0.15) is 5.76 Å². The first kappa shape index (κ1) is 20.7. The molecule has 3 amide bonds. The van der Waals surface area contributed by atoms with Gasteiger partial charge in [0.2, 0.25) is 5.91 Å². The van der Waals surface area contributed by atoms with Crippen LogP contribution in [0.1, 0.15) is 42.7 Å². The van der Waals surface area contributed by atoms with Crippen LogP contribution in [-0.4, -0.2) is 18.5 Å². The molecule has 0 bridgehead atoms. The third-order valence-corrected chi connectivity index (χ3v) is 5.61. The molecule has 1 aliphatic carbocycles. The molecular formula is C25H27N3O3. The van der Waals surface area contributed by atoms with E-state index in [1.165, 1.54) is 0 Å². The monoisotopic (exact) mass is 417 g/mol. The van der Waals surface area contributed by atoms with Gasteiger partial charge in [-0.1, -0.05) is 30.3 Å². The second kappa shape index (κ2) is 9.51. The fourth-order valence-electron chi connectivity index (χ4n) is 4.05. The quantitative estimate of drug-likeness (QED) is 0.588. The summed E-state index contributed by atoms with van der Waals surface area (Å²) in [4.78, 5) is 27.0. The van der Waals surface area contributed by atoms with Crippen LogP contribution in [0.25, 0.3) is 0 Å². The second-order valence-electron chi connectivity index (χ2n) is 7.69. The van der Waals surface area contributed by atoms with E-state index in [2.05, 4.69) is 10.6 Å². The summed E-state index contributed by atoms with van der Waals surface area (Å²) in [6.45, 7) is 2.58. The standard InChI is InChI=1S/C25H27N3O3/c1-2-28(20-7-4-3-5-8-20)24(29)17-18-11-13-19(14-12-18)26-25(30)27-22-9-6-10-23-21(22)15-16-31-23/h3-5,7-8,11-16,22H,2,6,9-10,17H2,1H3,(H2,26,27,30). The van der Waals surface area contributed by atoms with Crippen LogP contribution < -0.4 is 15.5 Å². The zero-order chi connectivity index (χ0) is 21.6. The number of para-hydroxylation sites is 1.